The Balaban J connectivity index is 1.70. The van der Waals surface area contributed by atoms with Crippen LogP contribution in [0.1, 0.15) is 12.5 Å². The molecule has 0 aliphatic rings. The van der Waals surface area contributed by atoms with Crippen molar-refractivity contribution in [1.82, 2.24) is 0 Å². The summed E-state index contributed by atoms with van der Waals surface area (Å²) in [5.41, 5.74) is 2.44. The molecule has 160 valence electrons. The highest BCUT2D eigenvalue weighted by Crippen LogP contribution is 2.40. The molecule has 0 fully saturated rings. The molecule has 0 unspecified atom stereocenters. The number of rotatable bonds is 6. The molecule has 0 amide bonds. The minimum atomic E-state index is -0.393. The van der Waals surface area contributed by atoms with Crippen molar-refractivity contribution in [3.63, 3.8) is 0 Å². The number of ether oxygens (including phenoxy) is 2. The van der Waals surface area contributed by atoms with Gasteiger partial charge >= 0.3 is 5.97 Å². The van der Waals surface area contributed by atoms with E-state index >= 15 is 0 Å². The van der Waals surface area contributed by atoms with Crippen molar-refractivity contribution >= 4 is 22.8 Å². The maximum atomic E-state index is 13.4. The second-order valence-corrected chi connectivity index (χ2v) is 7.11. The highest BCUT2D eigenvalue weighted by atomic mass is 19.1. The fourth-order valence-electron chi connectivity index (χ4n) is 3.37. The van der Waals surface area contributed by atoms with Gasteiger partial charge in [0.1, 0.15) is 23.1 Å². The van der Waals surface area contributed by atoms with Crippen molar-refractivity contribution in [2.24, 2.45) is 0 Å². The summed E-state index contributed by atoms with van der Waals surface area (Å²) in [5, 5.41) is 11.5. The van der Waals surface area contributed by atoms with E-state index in [0.29, 0.717) is 18.1 Å². The van der Waals surface area contributed by atoms with Gasteiger partial charge in [-0.2, -0.15) is 0 Å². The van der Waals surface area contributed by atoms with E-state index in [1.54, 1.807) is 55.5 Å². The van der Waals surface area contributed by atoms with Gasteiger partial charge in [0.25, 0.3) is 0 Å². The monoisotopic (exact) mass is 428 g/mol. The molecule has 0 bridgehead atoms. The molecule has 4 nitrogen and oxygen atoms in total. The van der Waals surface area contributed by atoms with Crippen LogP contribution in [0.15, 0.2) is 84.9 Å². The number of esters is 1. The first-order valence-electron chi connectivity index (χ1n) is 10.2. The summed E-state index contributed by atoms with van der Waals surface area (Å²) in [7, 11) is 0. The maximum absolute atomic E-state index is 13.4. The molecule has 4 aromatic rings. The fourth-order valence-corrected chi connectivity index (χ4v) is 3.37. The van der Waals surface area contributed by atoms with Crippen LogP contribution in [0.4, 0.5) is 4.39 Å². The van der Waals surface area contributed by atoms with Gasteiger partial charge in [-0.25, -0.2) is 9.18 Å². The fraction of sp³-hybridized carbons (Fsp3) is 0.0741. The van der Waals surface area contributed by atoms with Crippen molar-refractivity contribution in [3.8, 4) is 28.4 Å². The molecule has 0 atom stereocenters. The van der Waals surface area contributed by atoms with Crippen LogP contribution >= 0.6 is 0 Å². The second-order valence-electron chi connectivity index (χ2n) is 7.11. The lowest BCUT2D eigenvalue weighted by molar-refractivity contribution is -0.137. The van der Waals surface area contributed by atoms with Gasteiger partial charge in [-0.3, -0.25) is 0 Å². The van der Waals surface area contributed by atoms with Crippen LogP contribution in [0.2, 0.25) is 0 Å². The Labute approximate surface area is 185 Å². The number of carbonyl (C=O) groups is 1. The zero-order chi connectivity index (χ0) is 22.5. The Hall–Kier alpha value is -4.12. The lowest BCUT2D eigenvalue weighted by Crippen LogP contribution is -1.98. The summed E-state index contributed by atoms with van der Waals surface area (Å²) in [5.74, 6) is 0.658. The molecule has 0 heterocycles. The summed E-state index contributed by atoms with van der Waals surface area (Å²) in [6.45, 7) is 2.09. The minimum absolute atomic E-state index is 0.163. The molecule has 0 radical (unpaired) electrons. The number of benzene rings is 4. The van der Waals surface area contributed by atoms with E-state index in [-0.39, 0.29) is 11.6 Å². The predicted molar refractivity (Wildman–Crippen MR) is 123 cm³/mol. The third-order valence-electron chi connectivity index (χ3n) is 4.91. The van der Waals surface area contributed by atoms with Crippen molar-refractivity contribution in [3.05, 3.63) is 96.3 Å². The van der Waals surface area contributed by atoms with Crippen molar-refractivity contribution in [1.29, 1.82) is 0 Å². The minimum Gasteiger partial charge on any atom is -0.508 e. The van der Waals surface area contributed by atoms with Gasteiger partial charge in [0, 0.05) is 17.0 Å². The van der Waals surface area contributed by atoms with E-state index < -0.39 is 5.97 Å². The first-order valence-corrected chi connectivity index (χ1v) is 10.2. The van der Waals surface area contributed by atoms with Gasteiger partial charge in [-0.1, -0.05) is 30.3 Å². The van der Waals surface area contributed by atoms with E-state index in [0.717, 1.165) is 27.5 Å². The number of hydrogen-bond donors (Lipinski definition) is 1. The first-order chi connectivity index (χ1) is 15.5. The molecule has 0 aliphatic heterocycles. The zero-order valence-corrected chi connectivity index (χ0v) is 17.4. The quantitative estimate of drug-likeness (QED) is 0.274. The van der Waals surface area contributed by atoms with Gasteiger partial charge in [0.15, 0.2) is 0 Å². The Bertz CT molecular complexity index is 1280. The summed E-state index contributed by atoms with van der Waals surface area (Å²) in [6.07, 6.45) is 3.05. The number of phenolic OH excluding ortho intramolecular Hbond substituents is 1. The number of phenols is 1. The van der Waals surface area contributed by atoms with Gasteiger partial charge in [0.05, 0.1) is 6.61 Å². The standard InChI is InChI=1S/C27H21FO4/c1-2-31-26(30)16-5-18-3-12-23(13-4-18)32-27-24(19-6-9-21(28)10-7-19)14-8-20-17-22(29)11-15-25(20)27/h3-17,29H,2H2,1H3. The molecule has 5 heteroatoms. The van der Waals surface area contributed by atoms with Gasteiger partial charge in [0.2, 0.25) is 0 Å². The number of aromatic hydroxyl groups is 1. The number of carbonyl (C=O) groups excluding carboxylic acids is 1. The van der Waals surface area contributed by atoms with Crippen LogP contribution in [0.3, 0.4) is 0 Å². The summed E-state index contributed by atoms with van der Waals surface area (Å²) < 4.78 is 24.6. The van der Waals surface area contributed by atoms with Crippen LogP contribution in [0.5, 0.6) is 17.2 Å². The number of halogens is 1. The van der Waals surface area contributed by atoms with Crippen LogP contribution in [-0.4, -0.2) is 17.7 Å². The Kier molecular flexibility index (Phi) is 6.17. The molecule has 0 saturated heterocycles. The van der Waals surface area contributed by atoms with E-state index in [2.05, 4.69) is 0 Å². The largest absolute Gasteiger partial charge is 0.508 e. The summed E-state index contributed by atoms with van der Waals surface area (Å²) in [6, 6.07) is 22.3. The van der Waals surface area contributed by atoms with E-state index in [9.17, 15) is 14.3 Å². The summed E-state index contributed by atoms with van der Waals surface area (Å²) >= 11 is 0. The van der Waals surface area contributed by atoms with Crippen LogP contribution in [0, 0.1) is 5.82 Å². The van der Waals surface area contributed by atoms with Gasteiger partial charge < -0.3 is 14.6 Å². The van der Waals surface area contributed by atoms with E-state index in [1.165, 1.54) is 18.2 Å². The zero-order valence-electron chi connectivity index (χ0n) is 17.4. The third kappa shape index (κ3) is 4.78. The smallest absolute Gasteiger partial charge is 0.330 e. The topological polar surface area (TPSA) is 55.8 Å². The molecule has 0 aromatic heterocycles. The third-order valence-corrected chi connectivity index (χ3v) is 4.91. The summed E-state index contributed by atoms with van der Waals surface area (Å²) in [4.78, 5) is 11.5. The second kappa shape index (κ2) is 9.35. The van der Waals surface area contributed by atoms with Crippen LogP contribution in [-0.2, 0) is 9.53 Å². The van der Waals surface area contributed by atoms with Gasteiger partial charge in [-0.05, 0) is 78.0 Å². The Morgan fingerprint density at radius 1 is 0.969 bits per heavy atom. The average molecular weight is 428 g/mol. The molecule has 0 saturated carbocycles. The van der Waals surface area contributed by atoms with E-state index in [1.807, 2.05) is 24.3 Å². The maximum Gasteiger partial charge on any atom is 0.330 e. The molecule has 4 aromatic carbocycles. The van der Waals surface area contributed by atoms with Crippen molar-refractivity contribution in [2.45, 2.75) is 6.92 Å². The lowest BCUT2D eigenvalue weighted by Gasteiger charge is -2.15. The normalized spacial score (nSPS) is 11.1. The number of hydrogen-bond acceptors (Lipinski definition) is 4. The Morgan fingerprint density at radius 2 is 1.72 bits per heavy atom. The molecule has 0 aliphatic carbocycles. The lowest BCUT2D eigenvalue weighted by atomic mass is 9.99. The predicted octanol–water partition coefficient (Wildman–Crippen LogP) is 6.72. The van der Waals surface area contributed by atoms with Crippen LogP contribution < -0.4 is 4.74 Å². The van der Waals surface area contributed by atoms with Crippen LogP contribution in [0.25, 0.3) is 28.0 Å². The van der Waals surface area contributed by atoms with Gasteiger partial charge in [-0.15, -0.1) is 0 Å². The Morgan fingerprint density at radius 3 is 2.44 bits per heavy atom. The SMILES string of the molecule is CCOC(=O)C=Cc1ccc(Oc2c(-c3ccc(F)cc3)ccc3cc(O)ccc23)cc1. The molecular formula is C27H21FO4. The number of fused-ring (bicyclic) bond motifs is 1. The highest BCUT2D eigenvalue weighted by Gasteiger charge is 2.13. The molecule has 0 spiro atoms. The average Bonchev–Trinajstić information content (AvgIpc) is 2.79. The van der Waals surface area contributed by atoms with Crippen molar-refractivity contribution in [2.75, 3.05) is 6.61 Å². The molecule has 32 heavy (non-hydrogen) atoms. The van der Waals surface area contributed by atoms with Crippen molar-refractivity contribution < 1.29 is 23.8 Å². The van der Waals surface area contributed by atoms with E-state index in [4.69, 9.17) is 9.47 Å². The molecule has 1 N–H and O–H groups in total. The highest BCUT2D eigenvalue weighted by molar-refractivity contribution is 5.96. The first kappa shape index (κ1) is 21.1. The molecular weight excluding hydrogens is 407 g/mol. The molecule has 4 rings (SSSR count).